The lowest BCUT2D eigenvalue weighted by molar-refractivity contribution is -0.145. The van der Waals surface area contributed by atoms with Crippen LogP contribution in [0.1, 0.15) is 46.0 Å². The maximum Gasteiger partial charge on any atom is 0.306 e. The van der Waals surface area contributed by atoms with Crippen LogP contribution in [0.5, 0.6) is 0 Å². The summed E-state index contributed by atoms with van der Waals surface area (Å²) in [6, 6.07) is 0.980. The van der Waals surface area contributed by atoms with Crippen LogP contribution >= 0.6 is 0 Å². The summed E-state index contributed by atoms with van der Waals surface area (Å²) in [5.74, 6) is -0.766. The van der Waals surface area contributed by atoms with E-state index < -0.39 is 5.97 Å². The van der Waals surface area contributed by atoms with Crippen LogP contribution in [0.25, 0.3) is 0 Å². The number of carbonyl (C=O) groups is 1. The summed E-state index contributed by atoms with van der Waals surface area (Å²) in [6.45, 7) is 6.13. The summed E-state index contributed by atoms with van der Waals surface area (Å²) in [4.78, 5) is 13.6. The van der Waals surface area contributed by atoms with Gasteiger partial charge in [0, 0.05) is 18.7 Å². The third-order valence-corrected chi connectivity index (χ3v) is 4.54. The second-order valence-corrected chi connectivity index (χ2v) is 5.73. The van der Waals surface area contributed by atoms with Crippen molar-refractivity contribution in [3.05, 3.63) is 0 Å². The number of likely N-dealkylation sites (tertiary alicyclic amines) is 1. The molecule has 2 fully saturated rings. The van der Waals surface area contributed by atoms with Crippen LogP contribution in [0.4, 0.5) is 0 Å². The maximum atomic E-state index is 11.0. The predicted molar refractivity (Wildman–Crippen MR) is 69.6 cm³/mol. The van der Waals surface area contributed by atoms with Gasteiger partial charge in [0.1, 0.15) is 0 Å². The fraction of sp³-hybridized carbons (Fsp3) is 0.929. The molecule has 0 saturated carbocycles. The minimum Gasteiger partial charge on any atom is -0.481 e. The molecule has 4 unspecified atom stereocenters. The van der Waals surface area contributed by atoms with Crippen LogP contribution in [-0.2, 0) is 9.53 Å². The Bertz CT molecular complexity index is 295. The SMILES string of the molecule is CCC1CC(N2CCC(C(=O)O)CC2C)CCO1. The van der Waals surface area contributed by atoms with Crippen molar-refractivity contribution in [2.24, 2.45) is 5.92 Å². The average molecular weight is 255 g/mol. The van der Waals surface area contributed by atoms with Crippen LogP contribution in [-0.4, -0.2) is 47.3 Å². The Balaban J connectivity index is 1.91. The molecule has 0 aromatic carbocycles. The van der Waals surface area contributed by atoms with E-state index in [-0.39, 0.29) is 5.92 Å². The maximum absolute atomic E-state index is 11.0. The van der Waals surface area contributed by atoms with Gasteiger partial charge >= 0.3 is 5.97 Å². The molecule has 0 spiro atoms. The molecule has 0 aromatic rings. The van der Waals surface area contributed by atoms with Crippen LogP contribution in [0.15, 0.2) is 0 Å². The van der Waals surface area contributed by atoms with E-state index in [0.717, 1.165) is 45.3 Å². The van der Waals surface area contributed by atoms with Gasteiger partial charge in [0.2, 0.25) is 0 Å². The summed E-state index contributed by atoms with van der Waals surface area (Å²) in [6.07, 6.45) is 5.28. The minimum atomic E-state index is -0.625. The first-order valence-corrected chi connectivity index (χ1v) is 7.22. The number of carboxylic acids is 1. The zero-order chi connectivity index (χ0) is 13.1. The molecule has 2 heterocycles. The lowest BCUT2D eigenvalue weighted by Gasteiger charge is -2.44. The van der Waals surface area contributed by atoms with Gasteiger partial charge in [-0.3, -0.25) is 9.69 Å². The highest BCUT2D eigenvalue weighted by Gasteiger charge is 2.35. The molecular weight excluding hydrogens is 230 g/mol. The summed E-state index contributed by atoms with van der Waals surface area (Å²) < 4.78 is 5.72. The van der Waals surface area contributed by atoms with E-state index in [1.807, 2.05) is 0 Å². The molecule has 2 aliphatic heterocycles. The monoisotopic (exact) mass is 255 g/mol. The highest BCUT2D eigenvalue weighted by Crippen LogP contribution is 2.29. The van der Waals surface area contributed by atoms with E-state index in [2.05, 4.69) is 18.7 Å². The zero-order valence-corrected chi connectivity index (χ0v) is 11.5. The van der Waals surface area contributed by atoms with Crippen LogP contribution in [0.2, 0.25) is 0 Å². The Hall–Kier alpha value is -0.610. The van der Waals surface area contributed by atoms with Crippen molar-refractivity contribution in [2.75, 3.05) is 13.2 Å². The molecule has 18 heavy (non-hydrogen) atoms. The summed E-state index contributed by atoms with van der Waals surface area (Å²) in [5, 5.41) is 9.09. The normalized spacial score (nSPS) is 38.6. The highest BCUT2D eigenvalue weighted by molar-refractivity contribution is 5.70. The Labute approximate surface area is 109 Å². The third-order valence-electron chi connectivity index (χ3n) is 4.54. The zero-order valence-electron chi connectivity index (χ0n) is 11.5. The predicted octanol–water partition coefficient (Wildman–Crippen LogP) is 2.13. The average Bonchev–Trinajstić information content (AvgIpc) is 2.38. The number of carboxylic acid groups (broad SMARTS) is 1. The van der Waals surface area contributed by atoms with Gasteiger partial charge in [0.25, 0.3) is 0 Å². The van der Waals surface area contributed by atoms with Gasteiger partial charge in [-0.1, -0.05) is 6.92 Å². The van der Waals surface area contributed by atoms with Crippen molar-refractivity contribution in [3.63, 3.8) is 0 Å². The second-order valence-electron chi connectivity index (χ2n) is 5.73. The van der Waals surface area contributed by atoms with E-state index >= 15 is 0 Å². The van der Waals surface area contributed by atoms with Crippen molar-refractivity contribution < 1.29 is 14.6 Å². The first-order chi connectivity index (χ1) is 8.61. The largest absolute Gasteiger partial charge is 0.481 e. The van der Waals surface area contributed by atoms with Gasteiger partial charge in [-0.05, 0) is 45.6 Å². The standard InChI is InChI=1S/C14H25NO3/c1-3-13-9-12(5-7-18-13)15-6-4-11(14(16)17)8-10(15)2/h10-13H,3-9H2,1-2H3,(H,16,17). The van der Waals surface area contributed by atoms with Crippen molar-refractivity contribution in [1.82, 2.24) is 4.90 Å². The molecule has 1 N–H and O–H groups in total. The van der Waals surface area contributed by atoms with Gasteiger partial charge in [-0.25, -0.2) is 0 Å². The van der Waals surface area contributed by atoms with Crippen molar-refractivity contribution in [2.45, 2.75) is 64.1 Å². The quantitative estimate of drug-likeness (QED) is 0.839. The van der Waals surface area contributed by atoms with E-state index in [1.54, 1.807) is 0 Å². The van der Waals surface area contributed by atoms with Crippen LogP contribution in [0.3, 0.4) is 0 Å². The number of rotatable bonds is 3. The molecule has 4 nitrogen and oxygen atoms in total. The number of ether oxygens (including phenoxy) is 1. The fourth-order valence-electron chi connectivity index (χ4n) is 3.40. The second kappa shape index (κ2) is 6.02. The van der Waals surface area contributed by atoms with Crippen molar-refractivity contribution in [1.29, 1.82) is 0 Å². The van der Waals surface area contributed by atoms with Crippen LogP contribution < -0.4 is 0 Å². The number of hydrogen-bond acceptors (Lipinski definition) is 3. The number of aliphatic carboxylic acids is 1. The summed E-state index contributed by atoms with van der Waals surface area (Å²) >= 11 is 0. The minimum absolute atomic E-state index is 0.141. The van der Waals surface area contributed by atoms with Crippen molar-refractivity contribution >= 4 is 5.97 Å². The van der Waals surface area contributed by atoms with Gasteiger partial charge in [0.15, 0.2) is 0 Å². The van der Waals surface area contributed by atoms with Gasteiger partial charge < -0.3 is 9.84 Å². The summed E-state index contributed by atoms with van der Waals surface area (Å²) in [5.41, 5.74) is 0. The van der Waals surface area contributed by atoms with Gasteiger partial charge in [0.05, 0.1) is 12.0 Å². The van der Waals surface area contributed by atoms with Crippen LogP contribution in [0, 0.1) is 5.92 Å². The van der Waals surface area contributed by atoms with E-state index in [4.69, 9.17) is 9.84 Å². The smallest absolute Gasteiger partial charge is 0.306 e. The van der Waals surface area contributed by atoms with E-state index in [1.165, 1.54) is 0 Å². The fourth-order valence-corrected chi connectivity index (χ4v) is 3.40. The molecule has 2 aliphatic rings. The molecule has 0 radical (unpaired) electrons. The highest BCUT2D eigenvalue weighted by atomic mass is 16.5. The lowest BCUT2D eigenvalue weighted by Crippen LogP contribution is -2.51. The topological polar surface area (TPSA) is 49.8 Å². The molecule has 4 atom stereocenters. The molecule has 4 heteroatoms. The van der Waals surface area contributed by atoms with Gasteiger partial charge in [-0.2, -0.15) is 0 Å². The number of hydrogen-bond donors (Lipinski definition) is 1. The first-order valence-electron chi connectivity index (χ1n) is 7.22. The van der Waals surface area contributed by atoms with E-state index in [0.29, 0.717) is 18.2 Å². The molecule has 2 saturated heterocycles. The molecule has 0 aliphatic carbocycles. The number of nitrogens with zero attached hydrogens (tertiary/aromatic N) is 1. The third kappa shape index (κ3) is 3.04. The van der Waals surface area contributed by atoms with E-state index in [9.17, 15) is 4.79 Å². The lowest BCUT2D eigenvalue weighted by atomic mass is 9.88. The van der Waals surface area contributed by atoms with Crippen molar-refractivity contribution in [3.8, 4) is 0 Å². The molecular formula is C14H25NO3. The molecule has 2 rings (SSSR count). The molecule has 0 aromatic heterocycles. The Morgan fingerprint density at radius 2 is 2.17 bits per heavy atom. The Morgan fingerprint density at radius 3 is 2.78 bits per heavy atom. The molecule has 0 amide bonds. The molecule has 0 bridgehead atoms. The first kappa shape index (κ1) is 13.8. The Morgan fingerprint density at radius 1 is 1.39 bits per heavy atom. The Kier molecular flexibility index (Phi) is 4.62. The summed E-state index contributed by atoms with van der Waals surface area (Å²) in [7, 11) is 0. The number of piperidine rings is 1. The molecule has 104 valence electrons. The van der Waals surface area contributed by atoms with Gasteiger partial charge in [-0.15, -0.1) is 0 Å².